The molecule has 17 heavy (non-hydrogen) atoms. The smallest absolute Gasteiger partial charge is 0.498 e. The van der Waals surface area contributed by atoms with E-state index in [4.69, 9.17) is 9.31 Å². The van der Waals surface area contributed by atoms with Gasteiger partial charge in [0.05, 0.1) is 5.60 Å². The van der Waals surface area contributed by atoms with Gasteiger partial charge in [-0.15, -0.1) is 0 Å². The zero-order valence-corrected chi connectivity index (χ0v) is 11.8. The minimum atomic E-state index is -0.508. The predicted molar refractivity (Wildman–Crippen MR) is 71.5 cm³/mol. The molecule has 1 fully saturated rings. The van der Waals surface area contributed by atoms with Gasteiger partial charge in [0, 0.05) is 16.0 Å². The Balaban J connectivity index is 2.30. The number of halogens is 1. The first-order valence-corrected chi connectivity index (χ1v) is 6.48. The molecule has 0 saturated carbocycles. The molecule has 0 amide bonds. The normalized spacial score (nSPS) is 23.8. The third-order valence-corrected chi connectivity index (χ3v) is 3.30. The molecule has 1 N–H and O–H groups in total. The van der Waals surface area contributed by atoms with Gasteiger partial charge in [0.25, 0.3) is 0 Å². The molecule has 1 unspecified atom stereocenters. The number of rotatable bonds is 1. The van der Waals surface area contributed by atoms with Gasteiger partial charge < -0.3 is 14.4 Å². The fraction of sp³-hybridized carbons (Fsp3) is 0.500. The molecular weight excluding hydrogens is 283 g/mol. The highest BCUT2D eigenvalue weighted by Crippen LogP contribution is 2.27. The maximum Gasteiger partial charge on any atom is 0.498 e. The van der Waals surface area contributed by atoms with Crippen LogP contribution in [0.3, 0.4) is 0 Å². The SMILES string of the molecule is CC1CC(C)(C)OB(c2cc(Br)ccc2O)O1. The van der Waals surface area contributed by atoms with Crippen LogP contribution in [0.4, 0.5) is 0 Å². The van der Waals surface area contributed by atoms with Crippen molar-refractivity contribution in [3.8, 4) is 5.75 Å². The highest BCUT2D eigenvalue weighted by atomic mass is 79.9. The van der Waals surface area contributed by atoms with E-state index in [-0.39, 0.29) is 17.5 Å². The number of phenolic OH excluding ortho intramolecular Hbond substituents is 1. The summed E-state index contributed by atoms with van der Waals surface area (Å²) in [6, 6.07) is 5.25. The lowest BCUT2D eigenvalue weighted by Gasteiger charge is -2.38. The summed E-state index contributed by atoms with van der Waals surface area (Å²) in [5.74, 6) is 0.197. The van der Waals surface area contributed by atoms with Gasteiger partial charge in [-0.3, -0.25) is 0 Å². The quantitative estimate of drug-likeness (QED) is 0.810. The van der Waals surface area contributed by atoms with Crippen LogP contribution < -0.4 is 5.46 Å². The number of benzene rings is 1. The largest absolute Gasteiger partial charge is 0.508 e. The Morgan fingerprint density at radius 3 is 2.82 bits per heavy atom. The van der Waals surface area contributed by atoms with Gasteiger partial charge >= 0.3 is 7.12 Å². The molecular formula is C12H16BBrO3. The van der Waals surface area contributed by atoms with Crippen LogP contribution in [0.15, 0.2) is 22.7 Å². The maximum absolute atomic E-state index is 9.86. The van der Waals surface area contributed by atoms with Crippen LogP contribution in [0, 0.1) is 0 Å². The monoisotopic (exact) mass is 298 g/mol. The van der Waals surface area contributed by atoms with Crippen LogP contribution in [0.5, 0.6) is 5.75 Å². The van der Waals surface area contributed by atoms with E-state index in [1.807, 2.05) is 26.8 Å². The molecule has 5 heteroatoms. The lowest BCUT2D eigenvalue weighted by Crippen LogP contribution is -2.51. The minimum absolute atomic E-state index is 0.113. The fourth-order valence-corrected chi connectivity index (χ4v) is 2.55. The minimum Gasteiger partial charge on any atom is -0.508 e. The summed E-state index contributed by atoms with van der Waals surface area (Å²) in [6.45, 7) is 6.09. The molecule has 1 saturated heterocycles. The average Bonchev–Trinajstić information content (AvgIpc) is 2.18. The molecule has 1 aromatic rings. The molecule has 0 radical (unpaired) electrons. The van der Waals surface area contributed by atoms with Gasteiger partial charge in [-0.25, -0.2) is 0 Å². The number of aromatic hydroxyl groups is 1. The van der Waals surface area contributed by atoms with Gasteiger partial charge in [0.2, 0.25) is 0 Å². The van der Waals surface area contributed by atoms with Crippen molar-refractivity contribution in [3.63, 3.8) is 0 Å². The molecule has 2 rings (SSSR count). The molecule has 1 aliphatic rings. The van der Waals surface area contributed by atoms with E-state index in [1.54, 1.807) is 12.1 Å². The zero-order valence-electron chi connectivity index (χ0n) is 10.2. The van der Waals surface area contributed by atoms with E-state index in [9.17, 15) is 5.11 Å². The van der Waals surface area contributed by atoms with Crippen LogP contribution >= 0.6 is 15.9 Å². The van der Waals surface area contributed by atoms with Crippen molar-refractivity contribution in [3.05, 3.63) is 22.7 Å². The first-order valence-electron chi connectivity index (χ1n) is 5.69. The molecule has 92 valence electrons. The Labute approximate surface area is 110 Å². The Kier molecular flexibility index (Phi) is 3.52. The van der Waals surface area contributed by atoms with Crippen LogP contribution in [-0.2, 0) is 9.31 Å². The summed E-state index contributed by atoms with van der Waals surface area (Å²) in [5, 5.41) is 9.86. The van der Waals surface area contributed by atoms with Gasteiger partial charge in [-0.1, -0.05) is 15.9 Å². The van der Waals surface area contributed by atoms with Crippen LogP contribution in [0.1, 0.15) is 27.2 Å². The van der Waals surface area contributed by atoms with Crippen molar-refractivity contribution >= 4 is 28.5 Å². The lowest BCUT2D eigenvalue weighted by atomic mass is 9.74. The maximum atomic E-state index is 9.86. The highest BCUT2D eigenvalue weighted by Gasteiger charge is 2.39. The Bertz CT molecular complexity index is 422. The summed E-state index contributed by atoms with van der Waals surface area (Å²) in [6.07, 6.45) is 0.959. The van der Waals surface area contributed by atoms with E-state index in [0.29, 0.717) is 5.46 Å². The van der Waals surface area contributed by atoms with Crippen molar-refractivity contribution in [2.24, 2.45) is 0 Å². The van der Waals surface area contributed by atoms with E-state index in [0.717, 1.165) is 10.9 Å². The molecule has 0 spiro atoms. The van der Waals surface area contributed by atoms with Crippen molar-refractivity contribution in [2.45, 2.75) is 38.9 Å². The summed E-state index contributed by atoms with van der Waals surface area (Å²) in [5.41, 5.74) is 0.427. The van der Waals surface area contributed by atoms with Crippen LogP contribution in [-0.4, -0.2) is 23.9 Å². The van der Waals surface area contributed by atoms with E-state index >= 15 is 0 Å². The molecule has 0 bridgehead atoms. The average molecular weight is 299 g/mol. The third kappa shape index (κ3) is 3.03. The molecule has 1 atom stereocenters. The zero-order chi connectivity index (χ0) is 12.6. The predicted octanol–water partition coefficient (Wildman–Crippen LogP) is 2.45. The second-order valence-corrected chi connectivity index (χ2v) is 5.98. The molecule has 1 heterocycles. The summed E-state index contributed by atoms with van der Waals surface area (Å²) >= 11 is 3.38. The second-order valence-electron chi connectivity index (χ2n) is 5.06. The molecule has 3 nitrogen and oxygen atoms in total. The summed E-state index contributed by atoms with van der Waals surface area (Å²) in [4.78, 5) is 0. The van der Waals surface area contributed by atoms with Crippen molar-refractivity contribution in [1.82, 2.24) is 0 Å². The van der Waals surface area contributed by atoms with Gasteiger partial charge in [0.1, 0.15) is 5.75 Å². The van der Waals surface area contributed by atoms with Gasteiger partial charge in [0.15, 0.2) is 0 Å². The molecule has 0 aromatic heterocycles. The van der Waals surface area contributed by atoms with Crippen molar-refractivity contribution in [1.29, 1.82) is 0 Å². The Morgan fingerprint density at radius 1 is 1.47 bits per heavy atom. The van der Waals surface area contributed by atoms with E-state index in [1.165, 1.54) is 0 Å². The first-order chi connectivity index (χ1) is 7.87. The third-order valence-electron chi connectivity index (χ3n) is 2.80. The van der Waals surface area contributed by atoms with Gasteiger partial charge in [-0.05, 0) is 45.4 Å². The Morgan fingerprint density at radius 2 is 2.18 bits per heavy atom. The molecule has 0 aliphatic carbocycles. The van der Waals surface area contributed by atoms with Crippen LogP contribution in [0.2, 0.25) is 0 Å². The van der Waals surface area contributed by atoms with Crippen LogP contribution in [0.25, 0.3) is 0 Å². The van der Waals surface area contributed by atoms with Crippen molar-refractivity contribution < 1.29 is 14.4 Å². The summed E-state index contributed by atoms with van der Waals surface area (Å²) in [7, 11) is -0.508. The topological polar surface area (TPSA) is 38.7 Å². The van der Waals surface area contributed by atoms with Crippen molar-refractivity contribution in [2.75, 3.05) is 0 Å². The van der Waals surface area contributed by atoms with E-state index < -0.39 is 7.12 Å². The number of phenols is 1. The Hall–Kier alpha value is -0.515. The first kappa shape index (κ1) is 12.9. The number of hydrogen-bond acceptors (Lipinski definition) is 3. The second kappa shape index (κ2) is 4.63. The summed E-state index contributed by atoms with van der Waals surface area (Å²) < 4.78 is 12.5. The standard InChI is InChI=1S/C12H16BBrO3/c1-8-7-12(2,3)17-13(16-8)10-6-9(14)4-5-11(10)15/h4-6,8,15H,7H2,1-3H3. The highest BCUT2D eigenvalue weighted by molar-refractivity contribution is 9.10. The van der Waals surface area contributed by atoms with Gasteiger partial charge in [-0.2, -0.15) is 0 Å². The van der Waals surface area contributed by atoms with E-state index in [2.05, 4.69) is 15.9 Å². The fourth-order valence-electron chi connectivity index (χ4n) is 2.17. The number of hydrogen-bond donors (Lipinski definition) is 1. The molecule has 1 aromatic carbocycles. The molecule has 1 aliphatic heterocycles. The lowest BCUT2D eigenvalue weighted by molar-refractivity contribution is -0.0231.